The summed E-state index contributed by atoms with van der Waals surface area (Å²) >= 11 is 0. The Morgan fingerprint density at radius 2 is 2.17 bits per heavy atom. The lowest BCUT2D eigenvalue weighted by Gasteiger charge is -2.30. The molecule has 23 heavy (non-hydrogen) atoms. The van der Waals surface area contributed by atoms with Crippen LogP contribution in [0.5, 0.6) is 0 Å². The fourth-order valence-electron chi connectivity index (χ4n) is 2.92. The number of carbonyl (C=O) groups excluding carboxylic acids is 1. The van der Waals surface area contributed by atoms with Gasteiger partial charge in [0.2, 0.25) is 5.91 Å². The van der Waals surface area contributed by atoms with Crippen molar-refractivity contribution in [3.05, 3.63) is 41.5 Å². The highest BCUT2D eigenvalue weighted by molar-refractivity contribution is 5.89. The smallest absolute Gasteiger partial charge is 0.221 e. The van der Waals surface area contributed by atoms with Crippen molar-refractivity contribution in [3.8, 4) is 0 Å². The second kappa shape index (κ2) is 5.31. The van der Waals surface area contributed by atoms with Crippen molar-refractivity contribution in [1.29, 1.82) is 0 Å². The van der Waals surface area contributed by atoms with Crippen LogP contribution in [0.15, 0.2) is 30.3 Å². The summed E-state index contributed by atoms with van der Waals surface area (Å²) < 4.78 is 1.43. The zero-order valence-corrected chi connectivity index (χ0v) is 12.6. The molecule has 0 aliphatic carbocycles. The van der Waals surface area contributed by atoms with Gasteiger partial charge in [0, 0.05) is 25.7 Å². The summed E-state index contributed by atoms with van der Waals surface area (Å²) in [5.41, 5.74) is 3.92. The maximum atomic E-state index is 11.3. The number of tetrazole rings is 1. The van der Waals surface area contributed by atoms with Crippen LogP contribution in [0.1, 0.15) is 18.1 Å². The van der Waals surface area contributed by atoms with Crippen LogP contribution in [0.3, 0.4) is 0 Å². The number of nitrogens with one attached hydrogen (secondary N) is 1. The van der Waals surface area contributed by atoms with Crippen molar-refractivity contribution in [2.45, 2.75) is 19.9 Å². The van der Waals surface area contributed by atoms with E-state index in [4.69, 9.17) is 0 Å². The Morgan fingerprint density at radius 1 is 1.26 bits per heavy atom. The van der Waals surface area contributed by atoms with Crippen LogP contribution in [-0.4, -0.2) is 37.7 Å². The second-order valence-corrected chi connectivity index (χ2v) is 5.51. The summed E-state index contributed by atoms with van der Waals surface area (Å²) in [7, 11) is 0. The summed E-state index contributed by atoms with van der Waals surface area (Å²) in [6.45, 7) is 3.09. The average molecular weight is 309 g/mol. The van der Waals surface area contributed by atoms with Crippen molar-refractivity contribution in [3.63, 3.8) is 0 Å². The molecule has 0 saturated heterocycles. The minimum atomic E-state index is -0.0494. The molecule has 1 aliphatic rings. The Bertz CT molecular complexity index is 888. The third kappa shape index (κ3) is 2.48. The predicted molar refractivity (Wildman–Crippen MR) is 84.1 cm³/mol. The number of anilines is 2. The van der Waals surface area contributed by atoms with Gasteiger partial charge in [-0.25, -0.2) is 0 Å². The number of carbonyl (C=O) groups is 1. The summed E-state index contributed by atoms with van der Waals surface area (Å²) in [6.07, 6.45) is 0.848. The predicted octanol–water partition coefficient (Wildman–Crippen LogP) is 1.04. The van der Waals surface area contributed by atoms with E-state index in [0.29, 0.717) is 5.65 Å². The summed E-state index contributed by atoms with van der Waals surface area (Å²) in [5, 5.41) is 18.6. The lowest BCUT2D eigenvalue weighted by Crippen LogP contribution is -2.32. The molecule has 4 rings (SSSR count). The molecule has 1 amide bonds. The van der Waals surface area contributed by atoms with Crippen molar-refractivity contribution in [1.82, 2.24) is 25.3 Å². The first-order chi connectivity index (χ1) is 11.2. The quantitative estimate of drug-likeness (QED) is 0.761. The molecule has 0 radical (unpaired) electrons. The molecule has 2 aromatic heterocycles. The highest BCUT2D eigenvalue weighted by Crippen LogP contribution is 2.28. The maximum absolute atomic E-state index is 11.3. The van der Waals surface area contributed by atoms with E-state index < -0.39 is 0 Å². The number of hydrogen-bond donors (Lipinski definition) is 1. The van der Waals surface area contributed by atoms with Gasteiger partial charge in [-0.1, -0.05) is 12.1 Å². The topological polar surface area (TPSA) is 88.3 Å². The molecule has 8 heteroatoms. The Balaban J connectivity index is 1.64. The summed E-state index contributed by atoms with van der Waals surface area (Å²) in [5.74, 6) is 0.784. The minimum absolute atomic E-state index is 0.0494. The van der Waals surface area contributed by atoms with E-state index in [0.717, 1.165) is 31.0 Å². The molecular formula is C15H15N7O. The van der Waals surface area contributed by atoms with E-state index in [2.05, 4.69) is 36.9 Å². The van der Waals surface area contributed by atoms with Crippen LogP contribution in [0, 0.1) is 0 Å². The standard InChI is InChI=1S/C15H15N7O/c1-10(23)16-13-4-2-3-11-9-21(8-7-12(11)13)15-6-5-14-17-19-20-22(14)18-15/h2-6H,7-9H2,1H3,(H,16,23). The number of hydrogen-bond acceptors (Lipinski definition) is 6. The lowest BCUT2D eigenvalue weighted by atomic mass is 9.97. The molecule has 0 bridgehead atoms. The summed E-state index contributed by atoms with van der Waals surface area (Å²) in [4.78, 5) is 13.5. The molecule has 0 spiro atoms. The van der Waals surface area contributed by atoms with E-state index in [1.807, 2.05) is 24.3 Å². The first-order valence-electron chi connectivity index (χ1n) is 7.39. The van der Waals surface area contributed by atoms with Crippen molar-refractivity contribution in [2.24, 2.45) is 0 Å². The lowest BCUT2D eigenvalue weighted by molar-refractivity contribution is -0.114. The van der Waals surface area contributed by atoms with Gasteiger partial charge < -0.3 is 10.2 Å². The normalized spacial score (nSPS) is 13.9. The van der Waals surface area contributed by atoms with E-state index in [1.54, 1.807) is 0 Å². The second-order valence-electron chi connectivity index (χ2n) is 5.51. The zero-order chi connectivity index (χ0) is 15.8. The number of nitrogens with zero attached hydrogens (tertiary/aromatic N) is 6. The van der Waals surface area contributed by atoms with Crippen molar-refractivity contribution >= 4 is 23.1 Å². The fourth-order valence-corrected chi connectivity index (χ4v) is 2.92. The van der Waals surface area contributed by atoms with Gasteiger partial charge in [0.15, 0.2) is 11.5 Å². The van der Waals surface area contributed by atoms with Gasteiger partial charge in [-0.05, 0) is 46.2 Å². The van der Waals surface area contributed by atoms with Gasteiger partial charge in [-0.15, -0.1) is 14.8 Å². The number of benzene rings is 1. The molecule has 0 saturated carbocycles. The van der Waals surface area contributed by atoms with Gasteiger partial charge in [-0.2, -0.15) is 0 Å². The molecular weight excluding hydrogens is 294 g/mol. The maximum Gasteiger partial charge on any atom is 0.221 e. The van der Waals surface area contributed by atoms with Gasteiger partial charge in [0.05, 0.1) is 0 Å². The van der Waals surface area contributed by atoms with Gasteiger partial charge >= 0.3 is 0 Å². The molecule has 0 atom stereocenters. The highest BCUT2D eigenvalue weighted by Gasteiger charge is 2.20. The number of rotatable bonds is 2. The molecule has 0 fully saturated rings. The first-order valence-corrected chi connectivity index (χ1v) is 7.39. The molecule has 1 N–H and O–H groups in total. The third-order valence-electron chi connectivity index (χ3n) is 3.96. The van der Waals surface area contributed by atoms with E-state index >= 15 is 0 Å². The van der Waals surface area contributed by atoms with Crippen LogP contribution in [0.25, 0.3) is 5.65 Å². The zero-order valence-electron chi connectivity index (χ0n) is 12.6. The Hall–Kier alpha value is -3.03. The monoisotopic (exact) mass is 309 g/mol. The van der Waals surface area contributed by atoms with Gasteiger partial charge in [0.1, 0.15) is 0 Å². The largest absolute Gasteiger partial charge is 0.350 e. The molecule has 8 nitrogen and oxygen atoms in total. The van der Waals surface area contributed by atoms with Crippen LogP contribution in [0.4, 0.5) is 11.5 Å². The third-order valence-corrected chi connectivity index (χ3v) is 3.96. The summed E-state index contributed by atoms with van der Waals surface area (Å²) in [6, 6.07) is 9.77. The molecule has 3 aromatic rings. The Labute approximate surface area is 132 Å². The highest BCUT2D eigenvalue weighted by atomic mass is 16.1. The van der Waals surface area contributed by atoms with Crippen LogP contribution < -0.4 is 10.2 Å². The van der Waals surface area contributed by atoms with Crippen molar-refractivity contribution in [2.75, 3.05) is 16.8 Å². The number of aromatic nitrogens is 5. The minimum Gasteiger partial charge on any atom is -0.350 e. The van der Waals surface area contributed by atoms with E-state index in [9.17, 15) is 4.79 Å². The van der Waals surface area contributed by atoms with Gasteiger partial charge in [-0.3, -0.25) is 4.79 Å². The molecule has 3 heterocycles. The molecule has 1 aromatic carbocycles. The number of fused-ring (bicyclic) bond motifs is 2. The SMILES string of the molecule is CC(=O)Nc1cccc2c1CCN(c1ccc3nnnn3n1)C2. The molecule has 0 unspecified atom stereocenters. The fraction of sp³-hybridized carbons (Fsp3) is 0.267. The van der Waals surface area contributed by atoms with Crippen molar-refractivity contribution < 1.29 is 4.79 Å². The molecule has 116 valence electrons. The van der Waals surface area contributed by atoms with Crippen LogP contribution in [0.2, 0.25) is 0 Å². The van der Waals surface area contributed by atoms with Crippen LogP contribution >= 0.6 is 0 Å². The number of amides is 1. The average Bonchev–Trinajstić information content (AvgIpc) is 3.01. The van der Waals surface area contributed by atoms with Gasteiger partial charge in [0.25, 0.3) is 0 Å². The molecule has 1 aliphatic heterocycles. The Kier molecular flexibility index (Phi) is 3.14. The van der Waals surface area contributed by atoms with Crippen LogP contribution in [-0.2, 0) is 17.8 Å². The first kappa shape index (κ1) is 13.6. The van der Waals surface area contributed by atoms with E-state index in [-0.39, 0.29) is 5.91 Å². The van der Waals surface area contributed by atoms with E-state index in [1.165, 1.54) is 22.7 Å². The Morgan fingerprint density at radius 3 is 3.04 bits per heavy atom.